The second kappa shape index (κ2) is 5.27. The predicted molar refractivity (Wildman–Crippen MR) is 69.4 cm³/mol. The molecule has 0 atom stereocenters. The van der Waals surface area contributed by atoms with Gasteiger partial charge in [-0.1, -0.05) is 0 Å². The Hall–Kier alpha value is -2.09. The lowest BCUT2D eigenvalue weighted by molar-refractivity contribution is 0.234. The summed E-state index contributed by atoms with van der Waals surface area (Å²) >= 11 is 0. The molecule has 8 heteroatoms. The van der Waals surface area contributed by atoms with Gasteiger partial charge in [0.15, 0.2) is 0 Å². The molecule has 0 saturated heterocycles. The number of ether oxygens (including phenoxy) is 1. The van der Waals surface area contributed by atoms with E-state index >= 15 is 0 Å². The molecule has 0 saturated carbocycles. The molecule has 0 fully saturated rings. The van der Waals surface area contributed by atoms with Gasteiger partial charge in [0.05, 0.1) is 12.3 Å². The van der Waals surface area contributed by atoms with Crippen LogP contribution in [0.5, 0.6) is 5.88 Å². The monoisotopic (exact) mass is 282 g/mol. The van der Waals surface area contributed by atoms with Crippen LogP contribution in [0.15, 0.2) is 35.6 Å². The van der Waals surface area contributed by atoms with Crippen molar-refractivity contribution in [1.29, 1.82) is 0 Å². The summed E-state index contributed by atoms with van der Waals surface area (Å²) < 4.78 is 32.0. The van der Waals surface area contributed by atoms with Crippen LogP contribution in [0.4, 0.5) is 5.69 Å². The van der Waals surface area contributed by atoms with Crippen LogP contribution in [-0.4, -0.2) is 29.7 Å². The Labute approximate surface area is 111 Å². The lowest BCUT2D eigenvalue weighted by Gasteiger charge is -2.13. The van der Waals surface area contributed by atoms with Gasteiger partial charge < -0.3 is 4.74 Å². The van der Waals surface area contributed by atoms with E-state index in [0.29, 0.717) is 0 Å². The molecule has 0 bridgehead atoms. The van der Waals surface area contributed by atoms with Crippen molar-refractivity contribution in [3.63, 3.8) is 0 Å². The Morgan fingerprint density at radius 3 is 2.84 bits per heavy atom. The largest absolute Gasteiger partial charge is 0.473 e. The third kappa shape index (κ3) is 3.22. The average molecular weight is 282 g/mol. The molecule has 2 rings (SSSR count). The van der Waals surface area contributed by atoms with Crippen LogP contribution in [0.1, 0.15) is 13.8 Å². The van der Waals surface area contributed by atoms with Crippen LogP contribution in [0.3, 0.4) is 0 Å². The topological polar surface area (TPSA) is 97.0 Å². The van der Waals surface area contributed by atoms with E-state index in [4.69, 9.17) is 4.74 Å². The summed E-state index contributed by atoms with van der Waals surface area (Å²) in [6.07, 6.45) is 3.95. The number of sulfonamides is 1. The van der Waals surface area contributed by atoms with E-state index in [-0.39, 0.29) is 22.6 Å². The van der Waals surface area contributed by atoms with Crippen molar-refractivity contribution >= 4 is 15.7 Å². The average Bonchev–Trinajstić information content (AvgIpc) is 2.85. The maximum atomic E-state index is 12.0. The highest BCUT2D eigenvalue weighted by atomic mass is 32.2. The number of anilines is 1. The first-order chi connectivity index (χ1) is 8.99. The first-order valence-electron chi connectivity index (χ1n) is 5.62. The lowest BCUT2D eigenvalue weighted by atomic mass is 10.4. The van der Waals surface area contributed by atoms with E-state index in [2.05, 4.69) is 19.9 Å². The number of nitrogens with zero attached hydrogens (tertiary/aromatic N) is 2. The number of hydrogen-bond acceptors (Lipinski definition) is 5. The van der Waals surface area contributed by atoms with Crippen molar-refractivity contribution < 1.29 is 13.2 Å². The lowest BCUT2D eigenvalue weighted by Crippen LogP contribution is -2.15. The minimum Gasteiger partial charge on any atom is -0.473 e. The van der Waals surface area contributed by atoms with Gasteiger partial charge in [0.1, 0.15) is 10.6 Å². The molecule has 2 N–H and O–H groups in total. The molecule has 0 amide bonds. The number of rotatable bonds is 5. The molecule has 0 unspecified atom stereocenters. The highest BCUT2D eigenvalue weighted by Crippen LogP contribution is 2.24. The van der Waals surface area contributed by atoms with Crippen molar-refractivity contribution in [2.45, 2.75) is 24.8 Å². The predicted octanol–water partition coefficient (Wildman–Crippen LogP) is 1.39. The van der Waals surface area contributed by atoms with Crippen molar-refractivity contribution in [1.82, 2.24) is 15.2 Å². The summed E-state index contributed by atoms with van der Waals surface area (Å²) in [6, 6.07) is 3.21. The summed E-state index contributed by atoms with van der Waals surface area (Å²) in [5, 5.41) is 6.06. The molecule has 102 valence electrons. The minimum absolute atomic E-state index is 0.0480. The Morgan fingerprint density at radius 1 is 1.42 bits per heavy atom. The highest BCUT2D eigenvalue weighted by Gasteiger charge is 2.18. The number of pyridine rings is 1. The number of H-pyrrole nitrogens is 1. The molecule has 0 aliphatic heterocycles. The van der Waals surface area contributed by atoms with E-state index in [1.807, 2.05) is 13.8 Å². The van der Waals surface area contributed by atoms with Gasteiger partial charge in [0.25, 0.3) is 10.0 Å². The standard InChI is InChI=1S/C11H14N4O3S/c1-8(2)18-11-10(4-3-5-12-11)15-19(16,17)9-6-13-14-7-9/h3-8,15H,1-2H3,(H,13,14). The van der Waals surface area contributed by atoms with Gasteiger partial charge in [-0.05, 0) is 26.0 Å². The normalized spacial score (nSPS) is 11.5. The molecule has 0 aromatic carbocycles. The van der Waals surface area contributed by atoms with E-state index in [0.717, 1.165) is 0 Å². The van der Waals surface area contributed by atoms with Gasteiger partial charge >= 0.3 is 0 Å². The summed E-state index contributed by atoms with van der Waals surface area (Å²) in [7, 11) is -3.69. The molecule has 2 heterocycles. The van der Waals surface area contributed by atoms with Crippen LogP contribution in [0.25, 0.3) is 0 Å². The van der Waals surface area contributed by atoms with Crippen molar-refractivity contribution in [2.75, 3.05) is 4.72 Å². The molecular weight excluding hydrogens is 268 g/mol. The molecule has 0 radical (unpaired) electrons. The van der Waals surface area contributed by atoms with Crippen LogP contribution in [0.2, 0.25) is 0 Å². The minimum atomic E-state index is -3.69. The zero-order valence-corrected chi connectivity index (χ0v) is 11.3. The third-order valence-corrected chi connectivity index (χ3v) is 3.48. The maximum absolute atomic E-state index is 12.0. The second-order valence-electron chi connectivity index (χ2n) is 4.06. The molecular formula is C11H14N4O3S. The number of hydrogen-bond donors (Lipinski definition) is 2. The highest BCUT2D eigenvalue weighted by molar-refractivity contribution is 7.92. The molecule has 19 heavy (non-hydrogen) atoms. The van der Waals surface area contributed by atoms with Gasteiger partial charge in [-0.25, -0.2) is 13.4 Å². The van der Waals surface area contributed by atoms with E-state index in [1.165, 1.54) is 18.6 Å². The quantitative estimate of drug-likeness (QED) is 0.863. The number of nitrogens with one attached hydrogen (secondary N) is 2. The second-order valence-corrected chi connectivity index (χ2v) is 5.74. The summed E-state index contributed by atoms with van der Waals surface area (Å²) in [4.78, 5) is 4.06. The Bertz CT molecular complexity index is 638. The van der Waals surface area contributed by atoms with E-state index in [9.17, 15) is 8.42 Å². The smallest absolute Gasteiger partial charge is 0.265 e. The van der Waals surface area contributed by atoms with E-state index < -0.39 is 10.0 Å². The summed E-state index contributed by atoms with van der Waals surface area (Å²) in [5.41, 5.74) is 0.289. The molecule has 0 aliphatic rings. The zero-order valence-electron chi connectivity index (χ0n) is 10.5. The molecule has 0 spiro atoms. The number of aromatic nitrogens is 3. The third-order valence-electron chi connectivity index (χ3n) is 2.15. The molecule has 2 aromatic rings. The zero-order chi connectivity index (χ0) is 13.9. The van der Waals surface area contributed by atoms with Crippen molar-refractivity contribution in [2.24, 2.45) is 0 Å². The SMILES string of the molecule is CC(C)Oc1ncccc1NS(=O)(=O)c1cn[nH]c1. The van der Waals surface area contributed by atoms with Crippen LogP contribution in [-0.2, 0) is 10.0 Å². The maximum Gasteiger partial charge on any atom is 0.265 e. The van der Waals surface area contributed by atoms with Gasteiger partial charge in [0.2, 0.25) is 5.88 Å². The molecule has 2 aromatic heterocycles. The van der Waals surface area contributed by atoms with Crippen LogP contribution < -0.4 is 9.46 Å². The fourth-order valence-corrected chi connectivity index (χ4v) is 2.34. The van der Waals surface area contributed by atoms with Gasteiger partial charge in [-0.3, -0.25) is 9.82 Å². The summed E-state index contributed by atoms with van der Waals surface area (Å²) in [6.45, 7) is 3.67. The first kappa shape index (κ1) is 13.3. The van der Waals surface area contributed by atoms with Crippen LogP contribution >= 0.6 is 0 Å². The fourth-order valence-electron chi connectivity index (χ4n) is 1.38. The first-order valence-corrected chi connectivity index (χ1v) is 7.10. The molecule has 7 nitrogen and oxygen atoms in total. The van der Waals surface area contributed by atoms with Crippen molar-refractivity contribution in [3.8, 4) is 5.88 Å². The Balaban J connectivity index is 2.29. The van der Waals surface area contributed by atoms with E-state index in [1.54, 1.807) is 12.1 Å². The molecule has 0 aliphatic carbocycles. The summed E-state index contributed by atoms with van der Waals surface area (Å²) in [5.74, 6) is 0.240. The van der Waals surface area contributed by atoms with Gasteiger partial charge in [-0.2, -0.15) is 5.10 Å². The Kier molecular flexibility index (Phi) is 3.70. The van der Waals surface area contributed by atoms with Crippen molar-refractivity contribution in [3.05, 3.63) is 30.7 Å². The Morgan fingerprint density at radius 2 is 2.21 bits per heavy atom. The number of aromatic amines is 1. The van der Waals surface area contributed by atoms with Crippen LogP contribution in [0, 0.1) is 0 Å². The van der Waals surface area contributed by atoms with Gasteiger partial charge in [-0.15, -0.1) is 0 Å². The van der Waals surface area contributed by atoms with Gasteiger partial charge in [0, 0.05) is 12.4 Å². The fraction of sp³-hybridized carbons (Fsp3) is 0.273.